The molecule has 0 spiro atoms. The topological polar surface area (TPSA) is 107 Å². The van der Waals surface area contributed by atoms with E-state index in [4.69, 9.17) is 0 Å². The van der Waals surface area contributed by atoms with Gasteiger partial charge in [-0.25, -0.2) is 8.42 Å². The van der Waals surface area contributed by atoms with E-state index < -0.39 is 38.0 Å². The summed E-state index contributed by atoms with van der Waals surface area (Å²) < 4.78 is 32.1. The molecular formula is C18H20N2O6S. The number of nitrogens with zero attached hydrogens (tertiary/aromatic N) is 2. The largest absolute Gasteiger partial charge is 0.468 e. The van der Waals surface area contributed by atoms with Crippen molar-refractivity contribution in [3.05, 3.63) is 63.2 Å². The van der Waals surface area contributed by atoms with E-state index in [-0.39, 0.29) is 0 Å². The van der Waals surface area contributed by atoms with E-state index in [0.29, 0.717) is 16.8 Å². The van der Waals surface area contributed by atoms with Crippen LogP contribution >= 0.6 is 0 Å². The molecule has 0 heterocycles. The Morgan fingerprint density at radius 2 is 1.70 bits per heavy atom. The number of rotatable bonds is 6. The molecular weight excluding hydrogens is 372 g/mol. The molecule has 0 radical (unpaired) electrons. The number of carbonyl (C=O) groups excluding carboxylic acids is 1. The Bertz CT molecular complexity index is 978. The number of anilines is 1. The normalized spacial score (nSPS) is 11.1. The highest BCUT2D eigenvalue weighted by Crippen LogP contribution is 2.34. The van der Waals surface area contributed by atoms with Gasteiger partial charge in [0.05, 0.1) is 17.7 Å². The lowest BCUT2D eigenvalue weighted by Crippen LogP contribution is -2.37. The first-order chi connectivity index (χ1) is 12.6. The van der Waals surface area contributed by atoms with Gasteiger partial charge in [-0.2, -0.15) is 0 Å². The molecule has 0 aromatic heterocycles. The molecule has 2 aromatic carbocycles. The number of nitro groups is 1. The van der Waals surface area contributed by atoms with Crippen molar-refractivity contribution in [2.45, 2.75) is 25.7 Å². The number of methoxy groups -OCH3 is 1. The zero-order valence-corrected chi connectivity index (χ0v) is 16.2. The zero-order chi connectivity index (χ0) is 20.4. The lowest BCUT2D eigenvalue weighted by Gasteiger charge is -2.26. The van der Waals surface area contributed by atoms with Gasteiger partial charge in [0.1, 0.15) is 6.54 Å². The van der Waals surface area contributed by atoms with Crippen molar-refractivity contribution in [1.82, 2.24) is 0 Å². The Morgan fingerprint density at radius 3 is 2.22 bits per heavy atom. The molecule has 2 rings (SSSR count). The van der Waals surface area contributed by atoms with E-state index in [9.17, 15) is 23.3 Å². The molecule has 0 aliphatic heterocycles. The maximum absolute atomic E-state index is 13.3. The average molecular weight is 392 g/mol. The Labute approximate surface area is 157 Å². The van der Waals surface area contributed by atoms with Crippen LogP contribution in [0.4, 0.5) is 11.4 Å². The van der Waals surface area contributed by atoms with Crippen LogP contribution in [0.5, 0.6) is 0 Å². The van der Waals surface area contributed by atoms with Gasteiger partial charge >= 0.3 is 5.97 Å². The molecule has 8 nitrogen and oxygen atoms in total. The van der Waals surface area contributed by atoms with Crippen molar-refractivity contribution >= 4 is 27.4 Å². The number of hydrogen-bond acceptors (Lipinski definition) is 6. The average Bonchev–Trinajstić information content (AvgIpc) is 2.59. The van der Waals surface area contributed by atoms with Gasteiger partial charge in [-0.15, -0.1) is 0 Å². The number of esters is 1. The van der Waals surface area contributed by atoms with Crippen LogP contribution in [-0.2, 0) is 19.6 Å². The molecule has 0 unspecified atom stereocenters. The zero-order valence-electron chi connectivity index (χ0n) is 15.4. The molecule has 0 aliphatic carbocycles. The summed E-state index contributed by atoms with van der Waals surface area (Å²) in [4.78, 5) is 22.0. The fraction of sp³-hybridized carbons (Fsp3) is 0.278. The molecule has 144 valence electrons. The Hall–Kier alpha value is -2.94. The van der Waals surface area contributed by atoms with E-state index in [2.05, 4.69) is 4.74 Å². The van der Waals surface area contributed by atoms with Crippen molar-refractivity contribution in [1.29, 1.82) is 0 Å². The van der Waals surface area contributed by atoms with E-state index in [1.807, 2.05) is 6.92 Å². The van der Waals surface area contributed by atoms with Gasteiger partial charge < -0.3 is 4.74 Å². The Morgan fingerprint density at radius 1 is 1.15 bits per heavy atom. The SMILES string of the molecule is COC(=O)CN(c1c(C)cc(C)cc1C)S(=O)(=O)c1ccccc1[N+](=O)[O-]. The quantitative estimate of drug-likeness (QED) is 0.425. The highest BCUT2D eigenvalue weighted by molar-refractivity contribution is 7.93. The van der Waals surface area contributed by atoms with Crippen LogP contribution < -0.4 is 4.31 Å². The summed E-state index contributed by atoms with van der Waals surface area (Å²) in [6.45, 7) is 4.70. The van der Waals surface area contributed by atoms with Crippen LogP contribution in [0.1, 0.15) is 16.7 Å². The number of para-hydroxylation sites is 1. The van der Waals surface area contributed by atoms with Gasteiger partial charge in [-0.3, -0.25) is 19.2 Å². The molecule has 0 saturated heterocycles. The van der Waals surface area contributed by atoms with Crippen molar-refractivity contribution in [2.24, 2.45) is 0 Å². The Balaban J connectivity index is 2.76. The summed E-state index contributed by atoms with van der Waals surface area (Å²) in [5.74, 6) is -0.781. The Kier molecular flexibility index (Phi) is 5.85. The first kappa shape index (κ1) is 20.4. The molecule has 0 N–H and O–H groups in total. The number of carbonyl (C=O) groups is 1. The third kappa shape index (κ3) is 4.08. The molecule has 2 aromatic rings. The second-order valence-corrected chi connectivity index (χ2v) is 7.89. The van der Waals surface area contributed by atoms with Crippen LogP contribution in [0.3, 0.4) is 0 Å². The third-order valence-corrected chi connectivity index (χ3v) is 5.81. The number of hydrogen-bond donors (Lipinski definition) is 0. The second kappa shape index (κ2) is 7.75. The summed E-state index contributed by atoms with van der Waals surface area (Å²) in [5, 5.41) is 11.3. The van der Waals surface area contributed by atoms with Gasteiger partial charge in [0.15, 0.2) is 4.90 Å². The molecule has 0 aliphatic rings. The smallest absolute Gasteiger partial charge is 0.326 e. The first-order valence-electron chi connectivity index (χ1n) is 8.00. The lowest BCUT2D eigenvalue weighted by molar-refractivity contribution is -0.387. The number of sulfonamides is 1. The van der Waals surface area contributed by atoms with Gasteiger partial charge in [0, 0.05) is 6.07 Å². The monoisotopic (exact) mass is 392 g/mol. The molecule has 27 heavy (non-hydrogen) atoms. The summed E-state index contributed by atoms with van der Waals surface area (Å²) in [7, 11) is -3.26. The fourth-order valence-corrected chi connectivity index (χ4v) is 4.68. The van der Waals surface area contributed by atoms with E-state index in [1.54, 1.807) is 26.0 Å². The minimum Gasteiger partial charge on any atom is -0.468 e. The van der Waals surface area contributed by atoms with Crippen LogP contribution in [-0.4, -0.2) is 33.0 Å². The fourth-order valence-electron chi connectivity index (χ4n) is 2.98. The molecule has 0 amide bonds. The van der Waals surface area contributed by atoms with Crippen molar-refractivity contribution in [3.8, 4) is 0 Å². The third-order valence-electron chi connectivity index (χ3n) is 4.02. The van der Waals surface area contributed by atoms with Crippen LogP contribution in [0, 0.1) is 30.9 Å². The standard InChI is InChI=1S/C18H20N2O6S/c1-12-9-13(2)18(14(3)10-12)19(11-17(21)26-4)27(24,25)16-8-6-5-7-15(16)20(22)23/h5-10H,11H2,1-4H3. The maximum Gasteiger partial charge on any atom is 0.326 e. The predicted octanol–water partition coefficient (Wildman–Crippen LogP) is 2.89. The minimum atomic E-state index is -4.40. The van der Waals surface area contributed by atoms with Crippen molar-refractivity contribution in [3.63, 3.8) is 0 Å². The van der Waals surface area contributed by atoms with Crippen LogP contribution in [0.25, 0.3) is 0 Å². The summed E-state index contributed by atoms with van der Waals surface area (Å²) in [6.07, 6.45) is 0. The van der Waals surface area contributed by atoms with E-state index in [1.165, 1.54) is 12.1 Å². The van der Waals surface area contributed by atoms with Crippen molar-refractivity contribution < 1.29 is 22.9 Å². The molecule has 0 fully saturated rings. The first-order valence-corrected chi connectivity index (χ1v) is 9.44. The van der Waals surface area contributed by atoms with E-state index >= 15 is 0 Å². The van der Waals surface area contributed by atoms with Gasteiger partial charge in [-0.1, -0.05) is 29.8 Å². The molecule has 0 saturated carbocycles. The van der Waals surface area contributed by atoms with Gasteiger partial charge in [-0.05, 0) is 38.0 Å². The number of ether oxygens (including phenoxy) is 1. The second-order valence-electron chi connectivity index (χ2n) is 6.06. The minimum absolute atomic E-state index is 0.296. The van der Waals surface area contributed by atoms with Crippen LogP contribution in [0.15, 0.2) is 41.3 Å². The summed E-state index contributed by atoms with van der Waals surface area (Å²) >= 11 is 0. The van der Waals surface area contributed by atoms with Gasteiger partial charge in [0.25, 0.3) is 15.7 Å². The molecule has 0 bridgehead atoms. The molecule has 0 atom stereocenters. The van der Waals surface area contributed by atoms with Crippen LogP contribution in [0.2, 0.25) is 0 Å². The highest BCUT2D eigenvalue weighted by atomic mass is 32.2. The number of benzene rings is 2. The van der Waals surface area contributed by atoms with Gasteiger partial charge in [0.2, 0.25) is 0 Å². The number of nitro benzene ring substituents is 1. The summed E-state index contributed by atoms with van der Waals surface area (Å²) in [6, 6.07) is 8.59. The van der Waals surface area contributed by atoms with E-state index in [0.717, 1.165) is 29.1 Å². The molecule has 9 heteroatoms. The maximum atomic E-state index is 13.3. The van der Waals surface area contributed by atoms with Crippen molar-refractivity contribution in [2.75, 3.05) is 18.0 Å². The summed E-state index contributed by atoms with van der Waals surface area (Å²) in [5.41, 5.74) is 1.91. The highest BCUT2D eigenvalue weighted by Gasteiger charge is 2.34. The number of aryl methyl sites for hydroxylation is 3. The lowest BCUT2D eigenvalue weighted by atomic mass is 10.1. The predicted molar refractivity (Wildman–Crippen MR) is 100 cm³/mol.